The van der Waals surface area contributed by atoms with Crippen LogP contribution in [0.25, 0.3) is 0 Å². The van der Waals surface area contributed by atoms with Gasteiger partial charge in [0, 0.05) is 44.5 Å². The van der Waals surface area contributed by atoms with Crippen LogP contribution in [0.15, 0.2) is 23.3 Å². The van der Waals surface area contributed by atoms with Crippen LogP contribution in [-0.4, -0.2) is 54.5 Å². The van der Waals surface area contributed by atoms with Crippen LogP contribution in [0.5, 0.6) is 0 Å². The Morgan fingerprint density at radius 2 is 2.11 bits per heavy atom. The third kappa shape index (κ3) is 5.70. The molecule has 1 atom stereocenters. The molecule has 1 aromatic heterocycles. The highest BCUT2D eigenvalue weighted by Gasteiger charge is 2.26. The Hall–Kier alpha value is -1.58. The summed E-state index contributed by atoms with van der Waals surface area (Å²) in [5.74, 6) is 1.60. The fraction of sp³-hybridized carbons (Fsp3) is 0.632. The summed E-state index contributed by atoms with van der Waals surface area (Å²) in [7, 11) is 0. The normalized spacial score (nSPS) is 20.3. The van der Waals surface area contributed by atoms with E-state index < -0.39 is 0 Å². The van der Waals surface area contributed by atoms with Crippen molar-refractivity contribution in [3.05, 3.63) is 23.9 Å². The number of primary amides is 1. The van der Waals surface area contributed by atoms with E-state index in [2.05, 4.69) is 33.1 Å². The number of hydrogen-bond acceptors (Lipinski definition) is 4. The van der Waals surface area contributed by atoms with Crippen LogP contribution in [0.3, 0.4) is 0 Å². The molecular formula is C19H31IN6O. The zero-order valence-electron chi connectivity index (χ0n) is 16.1. The summed E-state index contributed by atoms with van der Waals surface area (Å²) in [6.45, 7) is 7.23. The van der Waals surface area contributed by atoms with E-state index in [1.165, 1.54) is 12.8 Å². The number of carbonyl (C=O) groups excluding carboxylic acids is 1. The number of nitrogens with zero attached hydrogens (tertiary/aromatic N) is 4. The van der Waals surface area contributed by atoms with E-state index in [9.17, 15) is 4.79 Å². The van der Waals surface area contributed by atoms with Crippen LogP contribution >= 0.6 is 24.0 Å². The predicted molar refractivity (Wildman–Crippen MR) is 119 cm³/mol. The SMILES string of the molecule is CCNC(=NCc1cccnc1N1CCCC(C(N)=O)C1)N1CCCC1.I. The monoisotopic (exact) mass is 486 g/mol. The molecule has 0 saturated carbocycles. The van der Waals surface area contributed by atoms with E-state index >= 15 is 0 Å². The van der Waals surface area contributed by atoms with Gasteiger partial charge in [-0.2, -0.15) is 0 Å². The van der Waals surface area contributed by atoms with Crippen LogP contribution in [-0.2, 0) is 11.3 Å². The number of piperidine rings is 1. The van der Waals surface area contributed by atoms with Crippen molar-refractivity contribution < 1.29 is 4.79 Å². The van der Waals surface area contributed by atoms with E-state index in [1.54, 1.807) is 0 Å². The van der Waals surface area contributed by atoms with E-state index in [0.29, 0.717) is 13.1 Å². The fourth-order valence-electron chi connectivity index (χ4n) is 3.75. The average molecular weight is 486 g/mol. The lowest BCUT2D eigenvalue weighted by atomic mass is 9.97. The molecule has 3 heterocycles. The first kappa shape index (κ1) is 21.7. The number of rotatable bonds is 5. The summed E-state index contributed by atoms with van der Waals surface area (Å²) in [5, 5.41) is 3.40. The van der Waals surface area contributed by atoms with Gasteiger partial charge in [-0.25, -0.2) is 9.98 Å². The van der Waals surface area contributed by atoms with Gasteiger partial charge >= 0.3 is 0 Å². The lowest BCUT2D eigenvalue weighted by Gasteiger charge is -2.33. The van der Waals surface area contributed by atoms with Crippen LogP contribution in [0.2, 0.25) is 0 Å². The maximum Gasteiger partial charge on any atom is 0.222 e. The minimum Gasteiger partial charge on any atom is -0.369 e. The Morgan fingerprint density at radius 3 is 2.81 bits per heavy atom. The van der Waals surface area contributed by atoms with E-state index in [-0.39, 0.29) is 35.8 Å². The molecule has 1 aromatic rings. The number of carbonyl (C=O) groups is 1. The second kappa shape index (κ2) is 10.7. The number of likely N-dealkylation sites (tertiary alicyclic amines) is 1. The van der Waals surface area contributed by atoms with Crippen LogP contribution in [0, 0.1) is 5.92 Å². The quantitative estimate of drug-likeness (QED) is 0.378. The molecule has 1 unspecified atom stereocenters. The Balaban J connectivity index is 0.00000261. The van der Waals surface area contributed by atoms with Crippen molar-refractivity contribution in [2.45, 2.75) is 39.2 Å². The molecule has 0 spiro atoms. The standard InChI is InChI=1S/C19H30N6O.HI/c1-2-21-19(24-10-3-4-11-24)23-13-15-7-5-9-22-18(15)25-12-6-8-16(14-25)17(20)26;/h5,7,9,16H,2-4,6,8,10-14H2,1H3,(H2,20,26)(H,21,23);1H. The lowest BCUT2D eigenvalue weighted by molar-refractivity contribution is -0.122. The lowest BCUT2D eigenvalue weighted by Crippen LogP contribution is -2.42. The summed E-state index contributed by atoms with van der Waals surface area (Å²) in [5.41, 5.74) is 6.62. The number of anilines is 1. The highest BCUT2D eigenvalue weighted by Crippen LogP contribution is 2.25. The molecule has 2 aliphatic heterocycles. The average Bonchev–Trinajstić information content (AvgIpc) is 3.20. The molecule has 0 aliphatic carbocycles. The first-order valence-electron chi connectivity index (χ1n) is 9.70. The number of amides is 1. The molecule has 2 aliphatic rings. The molecule has 0 radical (unpaired) electrons. The number of guanidine groups is 1. The molecular weight excluding hydrogens is 455 g/mol. The summed E-state index contributed by atoms with van der Waals surface area (Å²) >= 11 is 0. The van der Waals surface area contributed by atoms with Gasteiger partial charge in [0.2, 0.25) is 5.91 Å². The summed E-state index contributed by atoms with van der Waals surface area (Å²) in [6, 6.07) is 4.03. The molecule has 27 heavy (non-hydrogen) atoms. The minimum absolute atomic E-state index is 0. The number of aliphatic imine (C=N–C) groups is 1. The Labute approximate surface area is 178 Å². The molecule has 3 rings (SSSR count). The zero-order chi connectivity index (χ0) is 18.4. The number of hydrogen-bond donors (Lipinski definition) is 2. The van der Waals surface area contributed by atoms with Crippen molar-refractivity contribution in [1.82, 2.24) is 15.2 Å². The van der Waals surface area contributed by atoms with Gasteiger partial charge in [0.05, 0.1) is 12.5 Å². The summed E-state index contributed by atoms with van der Waals surface area (Å²) < 4.78 is 0. The molecule has 2 fully saturated rings. The molecule has 0 aromatic carbocycles. The van der Waals surface area contributed by atoms with Gasteiger partial charge in [0.15, 0.2) is 5.96 Å². The van der Waals surface area contributed by atoms with Crippen LogP contribution < -0.4 is 16.0 Å². The maximum absolute atomic E-state index is 11.6. The Kier molecular flexibility index (Phi) is 8.59. The van der Waals surface area contributed by atoms with Crippen LogP contribution in [0.1, 0.15) is 38.2 Å². The van der Waals surface area contributed by atoms with Gasteiger partial charge in [-0.15, -0.1) is 24.0 Å². The highest BCUT2D eigenvalue weighted by atomic mass is 127. The zero-order valence-corrected chi connectivity index (χ0v) is 18.4. The van der Waals surface area contributed by atoms with Crippen molar-refractivity contribution >= 4 is 41.7 Å². The topological polar surface area (TPSA) is 86.9 Å². The number of nitrogens with two attached hydrogens (primary N) is 1. The molecule has 0 bridgehead atoms. The maximum atomic E-state index is 11.6. The fourth-order valence-corrected chi connectivity index (χ4v) is 3.75. The second-order valence-electron chi connectivity index (χ2n) is 7.04. The molecule has 150 valence electrons. The molecule has 2 saturated heterocycles. The number of aromatic nitrogens is 1. The second-order valence-corrected chi connectivity index (χ2v) is 7.04. The number of halogens is 1. The van der Waals surface area contributed by atoms with E-state index in [4.69, 9.17) is 10.7 Å². The smallest absolute Gasteiger partial charge is 0.222 e. The first-order valence-corrected chi connectivity index (χ1v) is 9.70. The van der Waals surface area contributed by atoms with E-state index in [0.717, 1.165) is 56.4 Å². The Bertz CT molecular complexity index is 647. The first-order chi connectivity index (χ1) is 12.7. The Morgan fingerprint density at radius 1 is 1.33 bits per heavy atom. The molecule has 1 amide bonds. The van der Waals surface area contributed by atoms with Gasteiger partial charge in [0.25, 0.3) is 0 Å². The van der Waals surface area contributed by atoms with Gasteiger partial charge in [0.1, 0.15) is 5.82 Å². The van der Waals surface area contributed by atoms with Gasteiger partial charge in [-0.1, -0.05) is 6.07 Å². The minimum atomic E-state index is -0.214. The summed E-state index contributed by atoms with van der Waals surface area (Å²) in [6.07, 6.45) is 6.09. The molecule has 8 heteroatoms. The number of nitrogens with one attached hydrogen (secondary N) is 1. The van der Waals surface area contributed by atoms with Crippen molar-refractivity contribution in [1.29, 1.82) is 0 Å². The molecule has 3 N–H and O–H groups in total. The van der Waals surface area contributed by atoms with E-state index in [1.807, 2.05) is 12.3 Å². The highest BCUT2D eigenvalue weighted by molar-refractivity contribution is 14.0. The molecule has 7 nitrogen and oxygen atoms in total. The van der Waals surface area contributed by atoms with Gasteiger partial charge in [-0.3, -0.25) is 4.79 Å². The number of pyridine rings is 1. The van der Waals surface area contributed by atoms with Crippen LogP contribution in [0.4, 0.5) is 5.82 Å². The van der Waals surface area contributed by atoms with Crippen molar-refractivity contribution in [2.24, 2.45) is 16.6 Å². The predicted octanol–water partition coefficient (Wildman–Crippen LogP) is 1.96. The van der Waals surface area contributed by atoms with Gasteiger partial charge < -0.3 is 20.9 Å². The largest absolute Gasteiger partial charge is 0.369 e. The third-order valence-electron chi connectivity index (χ3n) is 5.13. The van der Waals surface area contributed by atoms with Gasteiger partial charge in [-0.05, 0) is 38.7 Å². The van der Waals surface area contributed by atoms with Crippen molar-refractivity contribution in [3.63, 3.8) is 0 Å². The summed E-state index contributed by atoms with van der Waals surface area (Å²) in [4.78, 5) is 25.5. The van der Waals surface area contributed by atoms with Crippen molar-refractivity contribution in [2.75, 3.05) is 37.6 Å². The third-order valence-corrected chi connectivity index (χ3v) is 5.13. The van der Waals surface area contributed by atoms with Crippen molar-refractivity contribution in [3.8, 4) is 0 Å².